The summed E-state index contributed by atoms with van der Waals surface area (Å²) < 4.78 is 10.7. The molecule has 7 nitrogen and oxygen atoms in total. The van der Waals surface area contributed by atoms with Crippen molar-refractivity contribution < 1.29 is 14.3 Å². The van der Waals surface area contributed by atoms with E-state index in [-0.39, 0.29) is 5.91 Å². The number of nitrogens with one attached hydrogen (secondary N) is 2. The van der Waals surface area contributed by atoms with Crippen molar-refractivity contribution in [2.24, 2.45) is 10.4 Å². The van der Waals surface area contributed by atoms with Gasteiger partial charge < -0.3 is 25.0 Å². The van der Waals surface area contributed by atoms with Crippen LogP contribution in [0.2, 0.25) is 0 Å². The number of hydrogen-bond acceptors (Lipinski definition) is 4. The van der Waals surface area contributed by atoms with Gasteiger partial charge in [-0.25, -0.2) is 0 Å². The summed E-state index contributed by atoms with van der Waals surface area (Å²) in [6.45, 7) is 7.69. The molecule has 0 saturated carbocycles. The van der Waals surface area contributed by atoms with Crippen molar-refractivity contribution in [3.8, 4) is 5.75 Å². The van der Waals surface area contributed by atoms with E-state index in [1.165, 1.54) is 0 Å². The smallest absolute Gasteiger partial charge is 0.251 e. The molecule has 0 bridgehead atoms. The number of amides is 1. The Morgan fingerprint density at radius 3 is 2.78 bits per heavy atom. The third-order valence-electron chi connectivity index (χ3n) is 5.27. The molecule has 1 aromatic carbocycles. The minimum absolute atomic E-state index is 0.0962. The zero-order valence-corrected chi connectivity index (χ0v) is 16.3. The van der Waals surface area contributed by atoms with Gasteiger partial charge in [-0.3, -0.25) is 9.79 Å². The average molecular weight is 374 g/mol. The molecule has 0 aliphatic carbocycles. The van der Waals surface area contributed by atoms with Crippen molar-refractivity contribution in [1.82, 2.24) is 15.5 Å². The fourth-order valence-electron chi connectivity index (χ4n) is 3.69. The fourth-order valence-corrected chi connectivity index (χ4v) is 3.69. The number of carbonyl (C=O) groups is 1. The number of ether oxygens (including phenoxy) is 2. The molecule has 2 fully saturated rings. The molecular weight excluding hydrogens is 344 g/mol. The molecule has 0 radical (unpaired) electrons. The van der Waals surface area contributed by atoms with Crippen LogP contribution in [-0.4, -0.2) is 69.8 Å². The minimum Gasteiger partial charge on any atom is -0.497 e. The Hall–Kier alpha value is -2.28. The van der Waals surface area contributed by atoms with Crippen LogP contribution in [0.5, 0.6) is 5.75 Å². The molecule has 148 valence electrons. The van der Waals surface area contributed by atoms with Crippen molar-refractivity contribution in [2.75, 3.05) is 53.0 Å². The highest BCUT2D eigenvalue weighted by Gasteiger charge is 2.42. The van der Waals surface area contributed by atoms with Crippen LogP contribution < -0.4 is 15.4 Å². The maximum Gasteiger partial charge on any atom is 0.251 e. The Balaban J connectivity index is 1.49. The van der Waals surface area contributed by atoms with Gasteiger partial charge in [0, 0.05) is 43.8 Å². The Morgan fingerprint density at radius 2 is 2.11 bits per heavy atom. The van der Waals surface area contributed by atoms with Gasteiger partial charge in [0.05, 0.1) is 20.3 Å². The van der Waals surface area contributed by atoms with E-state index in [0.717, 1.165) is 57.4 Å². The van der Waals surface area contributed by atoms with E-state index in [1.807, 2.05) is 0 Å². The third kappa shape index (κ3) is 4.91. The van der Waals surface area contributed by atoms with Gasteiger partial charge in [-0.15, -0.1) is 0 Å². The summed E-state index contributed by atoms with van der Waals surface area (Å²) in [4.78, 5) is 19.2. The Kier molecular flexibility index (Phi) is 6.55. The van der Waals surface area contributed by atoms with Crippen molar-refractivity contribution in [3.63, 3.8) is 0 Å². The molecule has 7 heteroatoms. The van der Waals surface area contributed by atoms with Crippen molar-refractivity contribution >= 4 is 11.9 Å². The second-order valence-electron chi connectivity index (χ2n) is 7.19. The van der Waals surface area contributed by atoms with E-state index < -0.39 is 0 Å². The van der Waals surface area contributed by atoms with Gasteiger partial charge in [-0.05, 0) is 44.0 Å². The van der Waals surface area contributed by atoms with Crippen LogP contribution in [0.3, 0.4) is 0 Å². The summed E-state index contributed by atoms with van der Waals surface area (Å²) in [6, 6.07) is 7.09. The van der Waals surface area contributed by atoms with Crippen molar-refractivity contribution in [3.05, 3.63) is 29.8 Å². The number of rotatable bonds is 6. The molecule has 0 aromatic heterocycles. The number of benzene rings is 1. The van der Waals surface area contributed by atoms with E-state index in [4.69, 9.17) is 14.5 Å². The molecule has 2 aliphatic rings. The molecule has 2 aliphatic heterocycles. The topological polar surface area (TPSA) is 75.2 Å². The molecule has 2 heterocycles. The largest absolute Gasteiger partial charge is 0.497 e. The molecule has 3 rings (SSSR count). The van der Waals surface area contributed by atoms with Gasteiger partial charge >= 0.3 is 0 Å². The summed E-state index contributed by atoms with van der Waals surface area (Å²) in [5, 5.41) is 6.29. The number of carbonyl (C=O) groups excluding carboxylic acids is 1. The maximum atomic E-state index is 12.2. The highest BCUT2D eigenvalue weighted by atomic mass is 16.5. The first-order valence-corrected chi connectivity index (χ1v) is 9.69. The average Bonchev–Trinajstić information content (AvgIpc) is 3.34. The lowest BCUT2D eigenvalue weighted by atomic mass is 9.87. The Labute approximate surface area is 161 Å². The SMILES string of the molecule is CCNC(=NCCNC(=O)c1ccc(OC)cc1)N1CCC2(CCOC2)C1. The first kappa shape index (κ1) is 19.5. The normalized spacial score (nSPS) is 22.3. The summed E-state index contributed by atoms with van der Waals surface area (Å²) in [6.07, 6.45) is 2.30. The predicted octanol–water partition coefficient (Wildman–Crippen LogP) is 1.50. The van der Waals surface area contributed by atoms with E-state index in [0.29, 0.717) is 24.1 Å². The number of likely N-dealkylation sites (tertiary alicyclic amines) is 1. The first-order valence-electron chi connectivity index (χ1n) is 9.69. The maximum absolute atomic E-state index is 12.2. The summed E-state index contributed by atoms with van der Waals surface area (Å²) in [5.41, 5.74) is 0.924. The van der Waals surface area contributed by atoms with Crippen LogP contribution in [0.4, 0.5) is 0 Å². The molecule has 2 N–H and O–H groups in total. The fraction of sp³-hybridized carbons (Fsp3) is 0.600. The van der Waals surface area contributed by atoms with E-state index in [1.54, 1.807) is 31.4 Å². The number of methoxy groups -OCH3 is 1. The number of nitrogens with zero attached hydrogens (tertiary/aromatic N) is 2. The van der Waals surface area contributed by atoms with Crippen LogP contribution in [0, 0.1) is 5.41 Å². The van der Waals surface area contributed by atoms with Crippen molar-refractivity contribution in [1.29, 1.82) is 0 Å². The number of guanidine groups is 1. The summed E-state index contributed by atoms with van der Waals surface area (Å²) in [7, 11) is 1.61. The predicted molar refractivity (Wildman–Crippen MR) is 105 cm³/mol. The van der Waals surface area contributed by atoms with Crippen LogP contribution in [-0.2, 0) is 4.74 Å². The lowest BCUT2D eigenvalue weighted by Crippen LogP contribution is -2.42. The molecule has 1 amide bonds. The van der Waals surface area contributed by atoms with Crippen LogP contribution in [0.25, 0.3) is 0 Å². The second-order valence-corrected chi connectivity index (χ2v) is 7.19. The molecule has 1 atom stereocenters. The Bertz CT molecular complexity index is 654. The van der Waals surface area contributed by atoms with E-state index >= 15 is 0 Å². The zero-order valence-electron chi connectivity index (χ0n) is 16.3. The van der Waals surface area contributed by atoms with Crippen LogP contribution >= 0.6 is 0 Å². The van der Waals surface area contributed by atoms with Gasteiger partial charge in [-0.1, -0.05) is 0 Å². The number of hydrogen-bond donors (Lipinski definition) is 2. The van der Waals surface area contributed by atoms with Gasteiger partial charge in [0.2, 0.25) is 0 Å². The second kappa shape index (κ2) is 9.08. The van der Waals surface area contributed by atoms with Gasteiger partial charge in [-0.2, -0.15) is 0 Å². The van der Waals surface area contributed by atoms with Crippen molar-refractivity contribution in [2.45, 2.75) is 19.8 Å². The van der Waals surface area contributed by atoms with Crippen LogP contribution in [0.1, 0.15) is 30.1 Å². The lowest BCUT2D eigenvalue weighted by Gasteiger charge is -2.25. The molecule has 27 heavy (non-hydrogen) atoms. The monoisotopic (exact) mass is 374 g/mol. The van der Waals surface area contributed by atoms with E-state index in [2.05, 4.69) is 22.5 Å². The zero-order chi connectivity index (χ0) is 19.1. The quantitative estimate of drug-likeness (QED) is 0.448. The Morgan fingerprint density at radius 1 is 1.30 bits per heavy atom. The highest BCUT2D eigenvalue weighted by molar-refractivity contribution is 5.94. The molecule has 1 unspecified atom stereocenters. The summed E-state index contributed by atoms with van der Waals surface area (Å²) in [5.74, 6) is 1.57. The lowest BCUT2D eigenvalue weighted by molar-refractivity contribution is 0.0954. The molecular formula is C20H30N4O3. The molecule has 1 spiro atoms. The van der Waals surface area contributed by atoms with Gasteiger partial charge in [0.1, 0.15) is 5.75 Å². The van der Waals surface area contributed by atoms with Crippen LogP contribution in [0.15, 0.2) is 29.3 Å². The third-order valence-corrected chi connectivity index (χ3v) is 5.27. The van der Waals surface area contributed by atoms with E-state index in [9.17, 15) is 4.79 Å². The first-order chi connectivity index (χ1) is 13.2. The van der Waals surface area contributed by atoms with Gasteiger partial charge in [0.25, 0.3) is 5.91 Å². The highest BCUT2D eigenvalue weighted by Crippen LogP contribution is 2.38. The van der Waals surface area contributed by atoms with Gasteiger partial charge in [0.15, 0.2) is 5.96 Å². The molecule has 2 saturated heterocycles. The molecule has 1 aromatic rings. The minimum atomic E-state index is -0.0962. The standard InChI is InChI=1S/C20H30N4O3/c1-3-21-19(24-12-8-20(14-24)9-13-27-15-20)23-11-10-22-18(25)16-4-6-17(26-2)7-5-16/h4-7H,3,8-15H2,1-2H3,(H,21,23)(H,22,25). The number of aliphatic imine (C=N–C) groups is 1. The summed E-state index contributed by atoms with van der Waals surface area (Å²) >= 11 is 0.